The van der Waals surface area contributed by atoms with Crippen LogP contribution in [0, 0.1) is 5.92 Å². The van der Waals surface area contributed by atoms with Crippen LogP contribution in [0.1, 0.15) is 36.7 Å². The summed E-state index contributed by atoms with van der Waals surface area (Å²) in [5, 5.41) is 5.25. The molecular formula is C19H21Cl2N3O3. The molecule has 8 heteroatoms. The molecule has 3 rings (SSSR count). The number of carbonyl (C=O) groups is 2. The van der Waals surface area contributed by atoms with E-state index < -0.39 is 0 Å². The minimum Gasteiger partial charge on any atom is -0.466 e. The van der Waals surface area contributed by atoms with E-state index in [1.807, 2.05) is 0 Å². The van der Waals surface area contributed by atoms with Crippen molar-refractivity contribution >= 4 is 35.1 Å². The summed E-state index contributed by atoms with van der Waals surface area (Å²) in [4.78, 5) is 26.2. The highest BCUT2D eigenvalue weighted by Crippen LogP contribution is 2.30. The van der Waals surface area contributed by atoms with Crippen molar-refractivity contribution in [1.29, 1.82) is 0 Å². The van der Waals surface area contributed by atoms with Gasteiger partial charge in [0.1, 0.15) is 0 Å². The topological polar surface area (TPSA) is 64.4 Å². The van der Waals surface area contributed by atoms with E-state index in [1.165, 1.54) is 0 Å². The Morgan fingerprint density at radius 3 is 2.70 bits per heavy atom. The van der Waals surface area contributed by atoms with Crippen molar-refractivity contribution in [2.75, 3.05) is 19.7 Å². The summed E-state index contributed by atoms with van der Waals surface area (Å²) in [7, 11) is 0. The summed E-state index contributed by atoms with van der Waals surface area (Å²) < 4.78 is 6.54. The van der Waals surface area contributed by atoms with Gasteiger partial charge in [0.25, 0.3) is 5.91 Å². The number of amides is 1. The van der Waals surface area contributed by atoms with E-state index in [9.17, 15) is 9.59 Å². The standard InChI is InChI=1S/C19H21Cl2N3O3/c1-2-27-18(25)8-9-23(12-13-3-4-13)19(26)17-7-10-24(22-17)14-5-6-15(20)16(21)11-14/h5-7,10-11,13H,2-4,8-9,12H2,1H3. The van der Waals surface area contributed by atoms with Crippen molar-refractivity contribution in [3.8, 4) is 5.69 Å². The lowest BCUT2D eigenvalue weighted by Gasteiger charge is -2.21. The van der Waals surface area contributed by atoms with E-state index in [0.29, 0.717) is 47.0 Å². The van der Waals surface area contributed by atoms with Crippen LogP contribution in [-0.2, 0) is 9.53 Å². The van der Waals surface area contributed by atoms with Crippen LogP contribution in [0.4, 0.5) is 0 Å². The van der Waals surface area contributed by atoms with Gasteiger partial charge in [0.2, 0.25) is 0 Å². The third kappa shape index (κ3) is 5.23. The van der Waals surface area contributed by atoms with Crippen molar-refractivity contribution < 1.29 is 14.3 Å². The third-order valence-corrected chi connectivity index (χ3v) is 5.07. The van der Waals surface area contributed by atoms with Crippen molar-refractivity contribution in [2.45, 2.75) is 26.2 Å². The Bertz CT molecular complexity index is 833. The first-order chi connectivity index (χ1) is 13.0. The molecule has 0 unspecified atom stereocenters. The van der Waals surface area contributed by atoms with E-state index >= 15 is 0 Å². The zero-order chi connectivity index (χ0) is 19.4. The second-order valence-corrected chi connectivity index (χ2v) is 7.31. The zero-order valence-electron chi connectivity index (χ0n) is 15.0. The molecule has 144 valence electrons. The van der Waals surface area contributed by atoms with Gasteiger partial charge >= 0.3 is 5.97 Å². The third-order valence-electron chi connectivity index (χ3n) is 4.33. The number of esters is 1. The molecule has 0 radical (unpaired) electrons. The molecule has 1 saturated carbocycles. The quantitative estimate of drug-likeness (QED) is 0.618. The average Bonchev–Trinajstić information content (AvgIpc) is 3.33. The Morgan fingerprint density at radius 2 is 2.04 bits per heavy atom. The Labute approximate surface area is 168 Å². The highest BCUT2D eigenvalue weighted by Gasteiger charge is 2.28. The fourth-order valence-electron chi connectivity index (χ4n) is 2.72. The molecule has 2 aromatic rings. The van der Waals surface area contributed by atoms with Crippen molar-refractivity contribution in [3.05, 3.63) is 46.2 Å². The number of hydrogen-bond donors (Lipinski definition) is 0. The maximum atomic E-state index is 12.9. The Balaban J connectivity index is 1.72. The van der Waals surface area contributed by atoms with Crippen LogP contribution in [0.25, 0.3) is 5.69 Å². The van der Waals surface area contributed by atoms with Gasteiger partial charge in [-0.05, 0) is 49.9 Å². The first-order valence-corrected chi connectivity index (χ1v) is 9.69. The smallest absolute Gasteiger partial charge is 0.307 e. The van der Waals surface area contributed by atoms with E-state index in [-0.39, 0.29) is 18.3 Å². The number of hydrogen-bond acceptors (Lipinski definition) is 4. The summed E-state index contributed by atoms with van der Waals surface area (Å²) in [5.74, 6) is 0.0192. The molecule has 1 fully saturated rings. The highest BCUT2D eigenvalue weighted by atomic mass is 35.5. The molecule has 0 bridgehead atoms. The number of rotatable bonds is 8. The summed E-state index contributed by atoms with van der Waals surface area (Å²) in [5.41, 5.74) is 1.04. The fourth-order valence-corrected chi connectivity index (χ4v) is 3.01. The molecule has 27 heavy (non-hydrogen) atoms. The summed E-state index contributed by atoms with van der Waals surface area (Å²) >= 11 is 12.0. The van der Waals surface area contributed by atoms with Crippen molar-refractivity contribution in [2.24, 2.45) is 5.92 Å². The molecule has 6 nitrogen and oxygen atoms in total. The summed E-state index contributed by atoms with van der Waals surface area (Å²) in [6.45, 7) is 3.07. The van der Waals surface area contributed by atoms with E-state index in [4.69, 9.17) is 27.9 Å². The van der Waals surface area contributed by atoms with Crippen molar-refractivity contribution in [1.82, 2.24) is 14.7 Å². The first kappa shape index (κ1) is 19.7. The molecule has 1 aliphatic carbocycles. The van der Waals surface area contributed by atoms with E-state index in [1.54, 1.807) is 47.0 Å². The normalized spacial score (nSPS) is 13.4. The second kappa shape index (κ2) is 8.76. The maximum Gasteiger partial charge on any atom is 0.307 e. The lowest BCUT2D eigenvalue weighted by atomic mass is 10.3. The van der Waals surface area contributed by atoms with Crippen LogP contribution < -0.4 is 0 Å². The molecular weight excluding hydrogens is 389 g/mol. The van der Waals surface area contributed by atoms with Gasteiger partial charge in [-0.15, -0.1) is 0 Å². The van der Waals surface area contributed by atoms with Gasteiger partial charge in [-0.25, -0.2) is 4.68 Å². The van der Waals surface area contributed by atoms with Crippen LogP contribution in [0.15, 0.2) is 30.5 Å². The molecule has 0 N–H and O–H groups in total. The minimum atomic E-state index is -0.299. The van der Waals surface area contributed by atoms with Gasteiger partial charge in [-0.3, -0.25) is 9.59 Å². The largest absolute Gasteiger partial charge is 0.466 e. The average molecular weight is 410 g/mol. The predicted molar refractivity (Wildman–Crippen MR) is 103 cm³/mol. The molecule has 1 aromatic heterocycles. The molecule has 1 heterocycles. The molecule has 0 atom stereocenters. The molecule has 0 saturated heterocycles. The Hall–Kier alpha value is -2.05. The van der Waals surface area contributed by atoms with Crippen LogP contribution in [0.2, 0.25) is 10.0 Å². The lowest BCUT2D eigenvalue weighted by molar-refractivity contribution is -0.143. The number of benzene rings is 1. The number of aromatic nitrogens is 2. The van der Waals surface area contributed by atoms with E-state index in [2.05, 4.69) is 5.10 Å². The number of halogens is 2. The van der Waals surface area contributed by atoms with Gasteiger partial charge in [0.05, 0.1) is 28.8 Å². The SMILES string of the molecule is CCOC(=O)CCN(CC1CC1)C(=O)c1ccn(-c2ccc(Cl)c(Cl)c2)n1. The highest BCUT2D eigenvalue weighted by molar-refractivity contribution is 6.42. The molecule has 0 spiro atoms. The van der Waals surface area contributed by atoms with Crippen LogP contribution in [-0.4, -0.2) is 46.3 Å². The van der Waals surface area contributed by atoms with Gasteiger partial charge in [-0.1, -0.05) is 23.2 Å². The Kier molecular flexibility index (Phi) is 6.39. The van der Waals surface area contributed by atoms with Crippen molar-refractivity contribution in [3.63, 3.8) is 0 Å². The van der Waals surface area contributed by atoms with Crippen LogP contribution in [0.3, 0.4) is 0 Å². The number of carbonyl (C=O) groups excluding carboxylic acids is 2. The number of nitrogens with zero attached hydrogens (tertiary/aromatic N) is 3. The lowest BCUT2D eigenvalue weighted by Crippen LogP contribution is -2.35. The van der Waals surface area contributed by atoms with Gasteiger partial charge < -0.3 is 9.64 Å². The summed E-state index contributed by atoms with van der Waals surface area (Å²) in [6, 6.07) is 6.81. The molecule has 1 amide bonds. The minimum absolute atomic E-state index is 0.180. The monoisotopic (exact) mass is 409 g/mol. The first-order valence-electron chi connectivity index (χ1n) is 8.94. The molecule has 1 aliphatic rings. The van der Waals surface area contributed by atoms with Gasteiger partial charge in [-0.2, -0.15) is 5.10 Å². The zero-order valence-corrected chi connectivity index (χ0v) is 16.5. The van der Waals surface area contributed by atoms with Gasteiger partial charge in [0.15, 0.2) is 5.69 Å². The van der Waals surface area contributed by atoms with Crippen LogP contribution in [0.5, 0.6) is 0 Å². The van der Waals surface area contributed by atoms with Gasteiger partial charge in [0, 0.05) is 19.3 Å². The molecule has 1 aromatic carbocycles. The van der Waals surface area contributed by atoms with Crippen LogP contribution >= 0.6 is 23.2 Å². The second-order valence-electron chi connectivity index (χ2n) is 6.49. The Morgan fingerprint density at radius 1 is 1.26 bits per heavy atom. The number of ether oxygens (including phenoxy) is 1. The maximum absolute atomic E-state index is 12.9. The fraction of sp³-hybridized carbons (Fsp3) is 0.421. The predicted octanol–water partition coefficient (Wildman–Crippen LogP) is 3.98. The molecule has 0 aliphatic heterocycles. The van der Waals surface area contributed by atoms with E-state index in [0.717, 1.165) is 12.8 Å². The summed E-state index contributed by atoms with van der Waals surface area (Å²) in [6.07, 6.45) is 4.11.